The molecule has 0 saturated carbocycles. The van der Waals surface area contributed by atoms with Gasteiger partial charge in [0, 0.05) is 37.5 Å². The zero-order valence-corrected chi connectivity index (χ0v) is 8.29. The first-order chi connectivity index (χ1) is 6.11. The van der Waals surface area contributed by atoms with Gasteiger partial charge < -0.3 is 9.80 Å². The van der Waals surface area contributed by atoms with Crippen LogP contribution in [0.4, 0.5) is 0 Å². The summed E-state index contributed by atoms with van der Waals surface area (Å²) in [6.45, 7) is 5.01. The Balaban J connectivity index is 2.42. The fourth-order valence-electron chi connectivity index (χ4n) is 1.86. The molecule has 0 aliphatic carbocycles. The molecule has 3 nitrogen and oxygen atoms in total. The van der Waals surface area contributed by atoms with E-state index >= 15 is 0 Å². The molecule has 0 radical (unpaired) electrons. The first kappa shape index (κ1) is 8.35. The standard InChI is InChI=1S/C10H14N2O/c1-7-8(2)12-5-4-9(13)6-10(12)11(7)3/h6H,4-5H2,1-3H3. The van der Waals surface area contributed by atoms with Crippen molar-refractivity contribution in [3.05, 3.63) is 23.3 Å². The number of carbonyl (C=O) groups excluding carboxylic acids is 1. The van der Waals surface area contributed by atoms with Gasteiger partial charge >= 0.3 is 0 Å². The van der Waals surface area contributed by atoms with Crippen molar-refractivity contribution in [2.45, 2.75) is 20.3 Å². The number of hydrogen-bond acceptors (Lipinski definition) is 3. The molecule has 13 heavy (non-hydrogen) atoms. The maximum absolute atomic E-state index is 11.2. The lowest BCUT2D eigenvalue weighted by Gasteiger charge is -2.27. The molecule has 0 aromatic carbocycles. The second kappa shape index (κ2) is 2.62. The summed E-state index contributed by atoms with van der Waals surface area (Å²) >= 11 is 0. The minimum absolute atomic E-state index is 0.237. The van der Waals surface area contributed by atoms with Gasteiger partial charge in [0.25, 0.3) is 0 Å². The number of rotatable bonds is 0. The third kappa shape index (κ3) is 1.07. The van der Waals surface area contributed by atoms with E-state index in [-0.39, 0.29) is 5.78 Å². The van der Waals surface area contributed by atoms with E-state index in [9.17, 15) is 4.79 Å². The molecule has 2 heterocycles. The van der Waals surface area contributed by atoms with E-state index in [0.29, 0.717) is 6.42 Å². The Labute approximate surface area is 78.3 Å². The molecule has 0 aromatic heterocycles. The van der Waals surface area contributed by atoms with E-state index in [1.807, 2.05) is 7.05 Å². The van der Waals surface area contributed by atoms with Crippen molar-refractivity contribution in [2.75, 3.05) is 13.6 Å². The van der Waals surface area contributed by atoms with Crippen LogP contribution < -0.4 is 0 Å². The normalized spacial score (nSPS) is 22.4. The smallest absolute Gasteiger partial charge is 0.161 e. The van der Waals surface area contributed by atoms with Crippen molar-refractivity contribution in [1.82, 2.24) is 9.80 Å². The minimum Gasteiger partial charge on any atom is -0.333 e. The summed E-state index contributed by atoms with van der Waals surface area (Å²) in [6, 6.07) is 0. The maximum atomic E-state index is 11.2. The summed E-state index contributed by atoms with van der Waals surface area (Å²) in [4.78, 5) is 15.5. The van der Waals surface area contributed by atoms with Crippen molar-refractivity contribution in [1.29, 1.82) is 0 Å². The van der Waals surface area contributed by atoms with Crippen LogP contribution >= 0.6 is 0 Å². The molecule has 0 N–H and O–H groups in total. The molecular formula is C10H14N2O. The van der Waals surface area contributed by atoms with Crippen molar-refractivity contribution >= 4 is 5.78 Å². The highest BCUT2D eigenvalue weighted by atomic mass is 16.1. The average molecular weight is 178 g/mol. The Hall–Kier alpha value is -1.25. The average Bonchev–Trinajstić information content (AvgIpc) is 2.32. The van der Waals surface area contributed by atoms with Gasteiger partial charge in [0.15, 0.2) is 5.78 Å². The van der Waals surface area contributed by atoms with E-state index in [1.165, 1.54) is 11.4 Å². The highest BCUT2D eigenvalue weighted by Crippen LogP contribution is 2.32. The lowest BCUT2D eigenvalue weighted by atomic mass is 10.2. The fraction of sp³-hybridized carbons (Fsp3) is 0.500. The van der Waals surface area contributed by atoms with Gasteiger partial charge in [-0.1, -0.05) is 0 Å². The van der Waals surface area contributed by atoms with Crippen molar-refractivity contribution in [3.8, 4) is 0 Å². The Kier molecular flexibility index (Phi) is 1.68. The molecule has 0 amide bonds. The third-order valence-electron chi connectivity index (χ3n) is 2.92. The molecule has 2 rings (SSSR count). The summed E-state index contributed by atoms with van der Waals surface area (Å²) in [7, 11) is 2.00. The van der Waals surface area contributed by atoms with Gasteiger partial charge in [0.1, 0.15) is 5.82 Å². The van der Waals surface area contributed by atoms with Crippen LogP contribution in [0, 0.1) is 0 Å². The van der Waals surface area contributed by atoms with E-state index < -0.39 is 0 Å². The number of nitrogens with zero attached hydrogens (tertiary/aromatic N) is 2. The second-order valence-corrected chi connectivity index (χ2v) is 3.60. The number of allylic oxidation sites excluding steroid dienone is 3. The number of hydrogen-bond donors (Lipinski definition) is 0. The molecule has 3 heteroatoms. The van der Waals surface area contributed by atoms with E-state index in [1.54, 1.807) is 6.08 Å². The molecule has 2 aliphatic heterocycles. The predicted molar refractivity (Wildman–Crippen MR) is 50.6 cm³/mol. The van der Waals surface area contributed by atoms with Crippen molar-refractivity contribution in [2.24, 2.45) is 0 Å². The Bertz CT molecular complexity index is 328. The van der Waals surface area contributed by atoms with Crippen molar-refractivity contribution in [3.63, 3.8) is 0 Å². The number of carbonyl (C=O) groups is 1. The van der Waals surface area contributed by atoms with Gasteiger partial charge in [-0.15, -0.1) is 0 Å². The molecular weight excluding hydrogens is 164 g/mol. The Morgan fingerprint density at radius 2 is 2.00 bits per heavy atom. The van der Waals surface area contributed by atoms with Gasteiger partial charge in [0.05, 0.1) is 0 Å². The maximum Gasteiger partial charge on any atom is 0.161 e. The van der Waals surface area contributed by atoms with Gasteiger partial charge in [-0.2, -0.15) is 0 Å². The molecule has 0 spiro atoms. The number of fused-ring (bicyclic) bond motifs is 1. The highest BCUT2D eigenvalue weighted by Gasteiger charge is 2.29. The summed E-state index contributed by atoms with van der Waals surface area (Å²) in [5.74, 6) is 1.27. The molecule has 0 atom stereocenters. The first-order valence-electron chi connectivity index (χ1n) is 4.54. The minimum atomic E-state index is 0.237. The van der Waals surface area contributed by atoms with Gasteiger partial charge in [0.2, 0.25) is 0 Å². The fourth-order valence-corrected chi connectivity index (χ4v) is 1.86. The topological polar surface area (TPSA) is 23.6 Å². The monoisotopic (exact) mass is 178 g/mol. The van der Waals surface area contributed by atoms with Gasteiger partial charge in [-0.3, -0.25) is 4.79 Å². The predicted octanol–water partition coefficient (Wildman–Crippen LogP) is 1.30. The quantitative estimate of drug-likeness (QED) is 0.558. The van der Waals surface area contributed by atoms with Crippen LogP contribution in [0.1, 0.15) is 20.3 Å². The SMILES string of the molecule is CC1=C(C)N2CCC(=O)C=C2N1C. The summed E-state index contributed by atoms with van der Waals surface area (Å²) < 4.78 is 0. The zero-order chi connectivity index (χ0) is 9.59. The number of ketones is 1. The van der Waals surface area contributed by atoms with Crippen LogP contribution in [0.2, 0.25) is 0 Å². The summed E-state index contributed by atoms with van der Waals surface area (Å²) in [5.41, 5.74) is 2.50. The highest BCUT2D eigenvalue weighted by molar-refractivity contribution is 5.91. The Morgan fingerprint density at radius 3 is 2.69 bits per heavy atom. The van der Waals surface area contributed by atoms with E-state index in [0.717, 1.165) is 12.4 Å². The summed E-state index contributed by atoms with van der Waals surface area (Å²) in [5, 5.41) is 0. The van der Waals surface area contributed by atoms with Crippen LogP contribution in [-0.4, -0.2) is 29.2 Å². The first-order valence-corrected chi connectivity index (χ1v) is 4.54. The molecule has 0 fully saturated rings. The van der Waals surface area contributed by atoms with Crippen molar-refractivity contribution < 1.29 is 4.79 Å². The van der Waals surface area contributed by atoms with Crippen LogP contribution in [0.25, 0.3) is 0 Å². The molecule has 0 unspecified atom stereocenters. The second-order valence-electron chi connectivity index (χ2n) is 3.60. The van der Waals surface area contributed by atoms with Gasteiger partial charge in [-0.25, -0.2) is 0 Å². The van der Waals surface area contributed by atoms with Crippen LogP contribution in [0.15, 0.2) is 23.3 Å². The molecule has 70 valence electrons. The lowest BCUT2D eigenvalue weighted by Crippen LogP contribution is -2.29. The zero-order valence-electron chi connectivity index (χ0n) is 8.29. The molecule has 2 aliphatic rings. The van der Waals surface area contributed by atoms with Crippen LogP contribution in [0.3, 0.4) is 0 Å². The molecule has 0 aromatic rings. The van der Waals surface area contributed by atoms with Crippen LogP contribution in [0.5, 0.6) is 0 Å². The van der Waals surface area contributed by atoms with E-state index in [2.05, 4.69) is 23.6 Å². The summed E-state index contributed by atoms with van der Waals surface area (Å²) in [6.07, 6.45) is 2.38. The Morgan fingerprint density at radius 1 is 1.31 bits per heavy atom. The third-order valence-corrected chi connectivity index (χ3v) is 2.92. The van der Waals surface area contributed by atoms with E-state index in [4.69, 9.17) is 0 Å². The molecule has 0 bridgehead atoms. The van der Waals surface area contributed by atoms with Crippen LogP contribution in [-0.2, 0) is 4.79 Å². The lowest BCUT2D eigenvalue weighted by molar-refractivity contribution is -0.115. The molecule has 0 saturated heterocycles. The largest absolute Gasteiger partial charge is 0.333 e. The van der Waals surface area contributed by atoms with Gasteiger partial charge in [-0.05, 0) is 13.8 Å².